The maximum atomic E-state index is 10.7. The molecule has 0 radical (unpaired) electrons. The molecule has 0 saturated carbocycles. The fourth-order valence-electron chi connectivity index (χ4n) is 1.15. The summed E-state index contributed by atoms with van der Waals surface area (Å²) in [6.45, 7) is 0. The normalized spacial score (nSPS) is 10.0. The Bertz CT molecular complexity index is 449. The van der Waals surface area contributed by atoms with Crippen LogP contribution in [0.25, 0.3) is 5.82 Å². The molecule has 14 heavy (non-hydrogen) atoms. The molecule has 5 nitrogen and oxygen atoms in total. The summed E-state index contributed by atoms with van der Waals surface area (Å²) < 4.78 is 1.41. The second-order valence-electron chi connectivity index (χ2n) is 2.70. The fraction of sp³-hybridized carbons (Fsp3) is 0. The summed E-state index contributed by atoms with van der Waals surface area (Å²) in [5.74, 6) is 0.575. The maximum absolute atomic E-state index is 10.7. The number of aromatic nitrogens is 3. The summed E-state index contributed by atoms with van der Waals surface area (Å²) >= 11 is 0. The SMILES string of the molecule is Nc1cnn(-c2ccccn2)c1C=O. The van der Waals surface area contributed by atoms with Gasteiger partial charge in [-0.05, 0) is 12.1 Å². The number of nitrogens with zero attached hydrogens (tertiary/aromatic N) is 3. The molecule has 0 aliphatic heterocycles. The van der Waals surface area contributed by atoms with E-state index in [-0.39, 0.29) is 0 Å². The largest absolute Gasteiger partial charge is 0.396 e. The summed E-state index contributed by atoms with van der Waals surface area (Å²) in [6, 6.07) is 5.35. The molecule has 0 aliphatic carbocycles. The van der Waals surface area contributed by atoms with Crippen molar-refractivity contribution in [3.05, 3.63) is 36.3 Å². The van der Waals surface area contributed by atoms with Gasteiger partial charge in [0.1, 0.15) is 5.69 Å². The molecule has 2 aromatic heterocycles. The van der Waals surface area contributed by atoms with Crippen molar-refractivity contribution >= 4 is 12.0 Å². The topological polar surface area (TPSA) is 73.8 Å². The predicted molar refractivity (Wildman–Crippen MR) is 51.2 cm³/mol. The summed E-state index contributed by atoms with van der Waals surface area (Å²) in [4.78, 5) is 14.8. The van der Waals surface area contributed by atoms with Gasteiger partial charge in [-0.2, -0.15) is 5.10 Å². The zero-order chi connectivity index (χ0) is 9.97. The summed E-state index contributed by atoms with van der Waals surface area (Å²) in [7, 11) is 0. The Labute approximate surface area is 80.2 Å². The van der Waals surface area contributed by atoms with Crippen molar-refractivity contribution in [1.29, 1.82) is 0 Å². The molecular weight excluding hydrogens is 180 g/mol. The van der Waals surface area contributed by atoms with Crippen molar-refractivity contribution in [1.82, 2.24) is 14.8 Å². The number of pyridine rings is 1. The van der Waals surface area contributed by atoms with Crippen LogP contribution in [0.1, 0.15) is 10.5 Å². The highest BCUT2D eigenvalue weighted by atomic mass is 16.1. The molecule has 5 heteroatoms. The molecule has 0 unspecified atom stereocenters. The Balaban J connectivity index is 2.57. The molecule has 2 heterocycles. The van der Waals surface area contributed by atoms with Crippen molar-refractivity contribution in [3.8, 4) is 5.82 Å². The molecule has 0 aromatic carbocycles. The first-order chi connectivity index (χ1) is 6.83. The number of carbonyl (C=O) groups is 1. The van der Waals surface area contributed by atoms with Crippen LogP contribution in [0.5, 0.6) is 0 Å². The predicted octanol–water partition coefficient (Wildman–Crippen LogP) is 0.662. The second-order valence-corrected chi connectivity index (χ2v) is 2.70. The smallest absolute Gasteiger partial charge is 0.170 e. The standard InChI is InChI=1S/C9H8N4O/c10-7-5-12-13(8(7)6-14)9-3-1-2-4-11-9/h1-6H,10H2. The number of hydrogen-bond acceptors (Lipinski definition) is 4. The van der Waals surface area contributed by atoms with E-state index in [4.69, 9.17) is 5.73 Å². The van der Waals surface area contributed by atoms with Gasteiger partial charge in [-0.1, -0.05) is 6.07 Å². The van der Waals surface area contributed by atoms with Gasteiger partial charge >= 0.3 is 0 Å². The maximum Gasteiger partial charge on any atom is 0.170 e. The van der Waals surface area contributed by atoms with Crippen LogP contribution in [0.2, 0.25) is 0 Å². The Morgan fingerprint density at radius 1 is 1.43 bits per heavy atom. The minimum Gasteiger partial charge on any atom is -0.396 e. The lowest BCUT2D eigenvalue weighted by atomic mass is 10.4. The molecule has 0 aliphatic rings. The van der Waals surface area contributed by atoms with Crippen LogP contribution in [0, 0.1) is 0 Å². The summed E-state index contributed by atoms with van der Waals surface area (Å²) in [5.41, 5.74) is 6.22. The van der Waals surface area contributed by atoms with Crippen molar-refractivity contribution in [2.45, 2.75) is 0 Å². The number of rotatable bonds is 2. The highest BCUT2D eigenvalue weighted by Crippen LogP contribution is 2.11. The number of aldehydes is 1. The molecule has 0 saturated heterocycles. The van der Waals surface area contributed by atoms with E-state index in [1.165, 1.54) is 10.9 Å². The van der Waals surface area contributed by atoms with Crippen molar-refractivity contribution in [2.75, 3.05) is 5.73 Å². The van der Waals surface area contributed by atoms with Gasteiger partial charge < -0.3 is 5.73 Å². The highest BCUT2D eigenvalue weighted by molar-refractivity contribution is 5.81. The van der Waals surface area contributed by atoms with Gasteiger partial charge in [0.25, 0.3) is 0 Å². The third kappa shape index (κ3) is 1.24. The van der Waals surface area contributed by atoms with Gasteiger partial charge in [-0.3, -0.25) is 4.79 Å². The van der Waals surface area contributed by atoms with Gasteiger partial charge in [-0.15, -0.1) is 0 Å². The second kappa shape index (κ2) is 3.29. The lowest BCUT2D eigenvalue weighted by Crippen LogP contribution is -2.04. The van der Waals surface area contributed by atoms with E-state index in [1.54, 1.807) is 18.3 Å². The fourth-order valence-corrected chi connectivity index (χ4v) is 1.15. The van der Waals surface area contributed by atoms with Crippen molar-refractivity contribution < 1.29 is 4.79 Å². The van der Waals surface area contributed by atoms with Crippen LogP contribution < -0.4 is 5.73 Å². The number of nitrogens with two attached hydrogens (primary N) is 1. The minimum atomic E-state index is 0.323. The van der Waals surface area contributed by atoms with E-state index >= 15 is 0 Å². The number of nitrogen functional groups attached to an aromatic ring is 1. The molecule has 0 fully saturated rings. The van der Waals surface area contributed by atoms with Gasteiger partial charge in [0, 0.05) is 6.20 Å². The number of carbonyl (C=O) groups excluding carboxylic acids is 1. The van der Waals surface area contributed by atoms with Crippen LogP contribution in [0.4, 0.5) is 5.69 Å². The van der Waals surface area contributed by atoms with E-state index in [2.05, 4.69) is 10.1 Å². The monoisotopic (exact) mass is 188 g/mol. The Morgan fingerprint density at radius 3 is 2.93 bits per heavy atom. The van der Waals surface area contributed by atoms with Crippen LogP contribution in [-0.4, -0.2) is 21.1 Å². The molecule has 0 amide bonds. The number of anilines is 1. The molecular formula is C9H8N4O. The third-order valence-electron chi connectivity index (χ3n) is 1.81. The Kier molecular flexibility index (Phi) is 1.98. The van der Waals surface area contributed by atoms with Crippen LogP contribution in [-0.2, 0) is 0 Å². The van der Waals surface area contributed by atoms with E-state index in [0.29, 0.717) is 23.5 Å². The molecule has 0 atom stereocenters. The quantitative estimate of drug-likeness (QED) is 0.702. The van der Waals surface area contributed by atoms with Gasteiger partial charge in [0.05, 0.1) is 11.9 Å². The Hall–Kier alpha value is -2.17. The van der Waals surface area contributed by atoms with E-state index in [9.17, 15) is 4.79 Å². The summed E-state index contributed by atoms with van der Waals surface area (Å²) in [6.07, 6.45) is 3.72. The molecule has 2 rings (SSSR count). The lowest BCUT2D eigenvalue weighted by molar-refractivity contribution is 0.111. The minimum absolute atomic E-state index is 0.323. The molecule has 0 bridgehead atoms. The van der Waals surface area contributed by atoms with Gasteiger partial charge in [-0.25, -0.2) is 9.67 Å². The molecule has 70 valence electrons. The van der Waals surface area contributed by atoms with E-state index in [0.717, 1.165) is 0 Å². The van der Waals surface area contributed by atoms with Crippen molar-refractivity contribution in [2.24, 2.45) is 0 Å². The average molecular weight is 188 g/mol. The molecule has 2 aromatic rings. The van der Waals surface area contributed by atoms with Gasteiger partial charge in [0.15, 0.2) is 12.1 Å². The van der Waals surface area contributed by atoms with Crippen LogP contribution >= 0.6 is 0 Å². The molecule has 0 spiro atoms. The zero-order valence-electron chi connectivity index (χ0n) is 7.29. The van der Waals surface area contributed by atoms with Gasteiger partial charge in [0.2, 0.25) is 0 Å². The van der Waals surface area contributed by atoms with Crippen LogP contribution in [0.15, 0.2) is 30.6 Å². The number of hydrogen-bond donors (Lipinski definition) is 1. The third-order valence-corrected chi connectivity index (χ3v) is 1.81. The van der Waals surface area contributed by atoms with Crippen LogP contribution in [0.3, 0.4) is 0 Å². The zero-order valence-corrected chi connectivity index (χ0v) is 7.29. The van der Waals surface area contributed by atoms with Crippen molar-refractivity contribution in [3.63, 3.8) is 0 Å². The first kappa shape index (κ1) is 8.43. The first-order valence-corrected chi connectivity index (χ1v) is 4.03. The molecule has 2 N–H and O–H groups in total. The first-order valence-electron chi connectivity index (χ1n) is 4.03. The lowest BCUT2D eigenvalue weighted by Gasteiger charge is -2.00. The van der Waals surface area contributed by atoms with E-state index in [1.807, 2.05) is 6.07 Å². The average Bonchev–Trinajstić information content (AvgIpc) is 2.61. The highest BCUT2D eigenvalue weighted by Gasteiger charge is 2.08. The van der Waals surface area contributed by atoms with E-state index < -0.39 is 0 Å². The summed E-state index contributed by atoms with van der Waals surface area (Å²) in [5, 5.41) is 3.95. The Morgan fingerprint density at radius 2 is 2.29 bits per heavy atom.